The van der Waals surface area contributed by atoms with E-state index in [0.29, 0.717) is 0 Å². The predicted molar refractivity (Wildman–Crippen MR) is 78.3 cm³/mol. The van der Waals surface area contributed by atoms with Crippen molar-refractivity contribution in [2.45, 2.75) is 45.4 Å². The Hall–Kier alpha value is -1.12. The molecule has 0 saturated heterocycles. The Kier molecular flexibility index (Phi) is 5.43. The molecule has 0 aromatic carbocycles. The number of rotatable bonds is 3. The van der Waals surface area contributed by atoms with Crippen LogP contribution >= 0.6 is 0 Å². The Labute approximate surface area is 110 Å². The lowest BCUT2D eigenvalue weighted by atomic mass is 9.96. The molecule has 0 unspecified atom stereocenters. The van der Waals surface area contributed by atoms with Gasteiger partial charge in [-0.2, -0.15) is 0 Å². The van der Waals surface area contributed by atoms with E-state index in [-0.39, 0.29) is 0 Å². The molecule has 0 amide bonds. The highest BCUT2D eigenvalue weighted by atomic mass is 14.9. The van der Waals surface area contributed by atoms with Crippen LogP contribution in [0.25, 0.3) is 0 Å². The smallest absolute Gasteiger partial charge is 0.0879 e. The van der Waals surface area contributed by atoms with Crippen LogP contribution in [0.3, 0.4) is 0 Å². The molecule has 3 nitrogen and oxygen atoms in total. The van der Waals surface area contributed by atoms with Crippen molar-refractivity contribution in [1.82, 2.24) is 5.32 Å². The largest absolute Gasteiger partial charge is 0.376 e. The van der Waals surface area contributed by atoms with Gasteiger partial charge in [-0.3, -0.25) is 4.99 Å². The summed E-state index contributed by atoms with van der Waals surface area (Å²) >= 11 is 0. The summed E-state index contributed by atoms with van der Waals surface area (Å²) in [5.41, 5.74) is 1.24. The van der Waals surface area contributed by atoms with Crippen molar-refractivity contribution in [2.75, 3.05) is 13.1 Å². The van der Waals surface area contributed by atoms with Crippen molar-refractivity contribution in [2.24, 2.45) is 21.8 Å². The van der Waals surface area contributed by atoms with Crippen molar-refractivity contribution in [3.63, 3.8) is 0 Å². The molecule has 1 N–H and O–H groups in total. The summed E-state index contributed by atoms with van der Waals surface area (Å²) in [6, 6.07) is 0. The van der Waals surface area contributed by atoms with Gasteiger partial charge in [0.2, 0.25) is 0 Å². The summed E-state index contributed by atoms with van der Waals surface area (Å²) in [7, 11) is 0. The predicted octanol–water partition coefficient (Wildman–Crippen LogP) is 3.18. The number of nitrogens with one attached hydrogen (secondary N) is 1. The zero-order valence-corrected chi connectivity index (χ0v) is 11.4. The van der Waals surface area contributed by atoms with Gasteiger partial charge in [0.05, 0.1) is 6.34 Å². The fraction of sp³-hybridized carbons (Fsp3) is 0.733. The van der Waals surface area contributed by atoms with Crippen LogP contribution < -0.4 is 5.32 Å². The monoisotopic (exact) mass is 247 g/mol. The lowest BCUT2D eigenvalue weighted by Crippen LogP contribution is -2.18. The molecule has 1 aliphatic heterocycles. The van der Waals surface area contributed by atoms with Gasteiger partial charge < -0.3 is 5.32 Å². The van der Waals surface area contributed by atoms with Crippen molar-refractivity contribution in [3.05, 3.63) is 11.8 Å². The fourth-order valence-corrected chi connectivity index (χ4v) is 2.58. The quantitative estimate of drug-likeness (QED) is 0.817. The lowest BCUT2D eigenvalue weighted by Gasteiger charge is -2.15. The molecule has 18 heavy (non-hydrogen) atoms. The fourth-order valence-electron chi connectivity index (χ4n) is 2.58. The molecule has 100 valence electrons. The third kappa shape index (κ3) is 4.63. The van der Waals surface area contributed by atoms with Gasteiger partial charge >= 0.3 is 0 Å². The summed E-state index contributed by atoms with van der Waals surface area (Å²) in [5, 5.41) is 3.30. The molecule has 1 aliphatic carbocycles. The summed E-state index contributed by atoms with van der Waals surface area (Å²) in [6.45, 7) is 4.22. The van der Waals surface area contributed by atoms with Crippen LogP contribution in [0.15, 0.2) is 21.8 Å². The molecule has 3 heteroatoms. The molecular formula is C15H25N3. The van der Waals surface area contributed by atoms with E-state index in [1.807, 2.05) is 18.8 Å². The van der Waals surface area contributed by atoms with E-state index in [1.165, 1.54) is 31.3 Å². The molecule has 0 aromatic heterocycles. The molecule has 1 atom stereocenters. The molecular weight excluding hydrogens is 222 g/mol. The number of nitrogens with zero attached hydrogens (tertiary/aromatic N) is 2. The average Bonchev–Trinajstić information content (AvgIpc) is 3.17. The van der Waals surface area contributed by atoms with Gasteiger partial charge in [-0.05, 0) is 49.5 Å². The van der Waals surface area contributed by atoms with Crippen molar-refractivity contribution < 1.29 is 0 Å². The second-order valence-electron chi connectivity index (χ2n) is 5.40. The summed E-state index contributed by atoms with van der Waals surface area (Å²) < 4.78 is 0. The highest BCUT2D eigenvalue weighted by Gasteiger charge is 2.30. The van der Waals surface area contributed by atoms with Gasteiger partial charge in [0.1, 0.15) is 0 Å². The number of hydrogen-bond donors (Lipinski definition) is 1. The lowest BCUT2D eigenvalue weighted by molar-refractivity contribution is 0.405. The summed E-state index contributed by atoms with van der Waals surface area (Å²) in [5.74, 6) is 1.84. The third-order valence-corrected chi connectivity index (χ3v) is 3.78. The first-order valence-electron chi connectivity index (χ1n) is 7.34. The Morgan fingerprint density at radius 3 is 2.83 bits per heavy atom. The number of aliphatic imine (C=N–C) groups is 2. The van der Waals surface area contributed by atoms with Crippen molar-refractivity contribution in [3.8, 4) is 0 Å². The van der Waals surface area contributed by atoms with Crippen LogP contribution in [-0.4, -0.2) is 25.6 Å². The van der Waals surface area contributed by atoms with Crippen LogP contribution in [0.5, 0.6) is 0 Å². The van der Waals surface area contributed by atoms with E-state index in [2.05, 4.69) is 22.2 Å². The first-order chi connectivity index (χ1) is 8.90. The van der Waals surface area contributed by atoms with Gasteiger partial charge in [0.25, 0.3) is 0 Å². The standard InChI is InChI=1S/C15H25N3/c1-2-3-13-10-16-8-6-15(14-4-5-14)7-9-17-12-18-11-13/h10-12,14-15H,2-9H2,1H3,(H,17,18)/b13-11-,16-10-/t15-/m1/s1. The van der Waals surface area contributed by atoms with Crippen molar-refractivity contribution in [1.29, 1.82) is 0 Å². The minimum atomic E-state index is 0.862. The Morgan fingerprint density at radius 2 is 2.06 bits per heavy atom. The van der Waals surface area contributed by atoms with E-state index in [4.69, 9.17) is 0 Å². The van der Waals surface area contributed by atoms with Crippen LogP contribution in [-0.2, 0) is 0 Å². The van der Waals surface area contributed by atoms with Crippen LogP contribution in [0.4, 0.5) is 0 Å². The second-order valence-corrected chi connectivity index (χ2v) is 5.40. The average molecular weight is 247 g/mol. The van der Waals surface area contributed by atoms with Gasteiger partial charge in [0.15, 0.2) is 0 Å². The number of hydrogen-bond acceptors (Lipinski definition) is 3. The number of allylic oxidation sites excluding steroid dienone is 1. The Morgan fingerprint density at radius 1 is 1.22 bits per heavy atom. The van der Waals surface area contributed by atoms with Gasteiger partial charge in [-0.25, -0.2) is 4.99 Å². The molecule has 2 rings (SSSR count). The second kappa shape index (κ2) is 7.34. The van der Waals surface area contributed by atoms with Crippen LogP contribution in [0.1, 0.15) is 45.4 Å². The molecule has 0 aromatic rings. The van der Waals surface area contributed by atoms with E-state index >= 15 is 0 Å². The van der Waals surface area contributed by atoms with E-state index < -0.39 is 0 Å². The Balaban J connectivity index is 1.93. The van der Waals surface area contributed by atoms with Gasteiger partial charge in [-0.1, -0.05) is 13.3 Å². The Bertz CT molecular complexity index is 327. The first-order valence-corrected chi connectivity index (χ1v) is 7.34. The normalized spacial score (nSPS) is 32.3. The molecule has 0 spiro atoms. The van der Waals surface area contributed by atoms with Gasteiger partial charge in [-0.15, -0.1) is 0 Å². The van der Waals surface area contributed by atoms with Crippen LogP contribution in [0, 0.1) is 11.8 Å². The summed E-state index contributed by atoms with van der Waals surface area (Å²) in [4.78, 5) is 8.88. The zero-order chi connectivity index (χ0) is 12.6. The van der Waals surface area contributed by atoms with E-state index in [0.717, 1.165) is 37.8 Å². The molecule has 2 aliphatic rings. The van der Waals surface area contributed by atoms with Crippen LogP contribution in [0.2, 0.25) is 0 Å². The van der Waals surface area contributed by atoms with E-state index in [9.17, 15) is 0 Å². The maximum atomic E-state index is 4.58. The highest BCUT2D eigenvalue weighted by molar-refractivity contribution is 5.78. The zero-order valence-electron chi connectivity index (χ0n) is 11.4. The minimum absolute atomic E-state index is 0.862. The maximum Gasteiger partial charge on any atom is 0.0879 e. The topological polar surface area (TPSA) is 36.8 Å². The third-order valence-electron chi connectivity index (χ3n) is 3.78. The molecule has 0 radical (unpaired) electrons. The maximum absolute atomic E-state index is 4.58. The van der Waals surface area contributed by atoms with Crippen molar-refractivity contribution >= 4 is 12.6 Å². The summed E-state index contributed by atoms with van der Waals surface area (Å²) in [6.07, 6.45) is 13.4. The molecule has 1 fully saturated rings. The highest BCUT2D eigenvalue weighted by Crippen LogP contribution is 2.40. The molecule has 1 heterocycles. The van der Waals surface area contributed by atoms with E-state index in [1.54, 1.807) is 0 Å². The SMILES string of the molecule is CCCC1=C/N=C/NCC[C@H](C2CC2)CC/N=C\1. The molecule has 0 bridgehead atoms. The molecule has 1 saturated carbocycles. The minimum Gasteiger partial charge on any atom is -0.376 e. The van der Waals surface area contributed by atoms with Gasteiger partial charge in [0, 0.05) is 25.5 Å². The first kappa shape index (κ1) is 13.3.